The molecule has 0 bridgehead atoms. The molecule has 0 spiro atoms. The van der Waals surface area contributed by atoms with Crippen LogP contribution in [-0.4, -0.2) is 34.2 Å². The molecule has 0 fully saturated rings. The fraction of sp³-hybridized carbons (Fsp3) is 0.364. The SMILES string of the molecule is CC(C)CC(NC(Cc1cccc(Cc2ccccc2)c1)C(=O)O)C(=O)O. The van der Waals surface area contributed by atoms with E-state index < -0.39 is 24.0 Å². The van der Waals surface area contributed by atoms with Crippen LogP contribution in [0.15, 0.2) is 54.6 Å². The maximum atomic E-state index is 11.7. The lowest BCUT2D eigenvalue weighted by atomic mass is 9.98. The third-order valence-electron chi connectivity index (χ3n) is 4.39. The summed E-state index contributed by atoms with van der Waals surface area (Å²) in [7, 11) is 0. The molecule has 5 heteroatoms. The summed E-state index contributed by atoms with van der Waals surface area (Å²) in [5.74, 6) is -1.91. The molecule has 2 aromatic carbocycles. The van der Waals surface area contributed by atoms with Crippen molar-refractivity contribution in [3.8, 4) is 0 Å². The molecule has 2 aromatic rings. The number of nitrogens with one attached hydrogen (secondary N) is 1. The molecule has 2 atom stereocenters. The fourth-order valence-corrected chi connectivity index (χ4v) is 3.11. The first kappa shape index (κ1) is 20.6. The number of hydrogen-bond donors (Lipinski definition) is 3. The summed E-state index contributed by atoms with van der Waals surface area (Å²) >= 11 is 0. The van der Waals surface area contributed by atoms with Crippen molar-refractivity contribution in [3.63, 3.8) is 0 Å². The Hall–Kier alpha value is -2.66. The average molecular weight is 369 g/mol. The number of carbonyl (C=O) groups is 2. The molecule has 0 radical (unpaired) electrons. The van der Waals surface area contributed by atoms with Crippen molar-refractivity contribution in [1.29, 1.82) is 0 Å². The minimum absolute atomic E-state index is 0.155. The summed E-state index contributed by atoms with van der Waals surface area (Å²) in [5.41, 5.74) is 3.15. The highest BCUT2D eigenvalue weighted by atomic mass is 16.4. The summed E-state index contributed by atoms with van der Waals surface area (Å²) < 4.78 is 0. The normalized spacial score (nSPS) is 13.3. The first-order valence-corrected chi connectivity index (χ1v) is 9.18. The Morgan fingerprint density at radius 2 is 1.44 bits per heavy atom. The van der Waals surface area contributed by atoms with E-state index in [9.17, 15) is 19.8 Å². The van der Waals surface area contributed by atoms with E-state index in [0.717, 1.165) is 17.5 Å². The minimum atomic E-state index is -1.04. The van der Waals surface area contributed by atoms with Crippen LogP contribution in [0.25, 0.3) is 0 Å². The standard InChI is InChI=1S/C22H27NO4/c1-15(2)11-19(21(24)25)23-20(22(26)27)14-18-10-6-9-17(13-18)12-16-7-4-3-5-8-16/h3-10,13,15,19-20,23H,11-12,14H2,1-2H3,(H,24,25)(H,26,27). The Morgan fingerprint density at radius 1 is 0.852 bits per heavy atom. The molecular weight excluding hydrogens is 342 g/mol. The third kappa shape index (κ3) is 6.87. The quantitative estimate of drug-likeness (QED) is 0.598. The maximum Gasteiger partial charge on any atom is 0.321 e. The topological polar surface area (TPSA) is 86.6 Å². The predicted octanol–water partition coefficient (Wildman–Crippen LogP) is 3.36. The first-order chi connectivity index (χ1) is 12.8. The van der Waals surface area contributed by atoms with Crippen LogP contribution in [-0.2, 0) is 22.4 Å². The van der Waals surface area contributed by atoms with Gasteiger partial charge in [-0.3, -0.25) is 14.9 Å². The van der Waals surface area contributed by atoms with E-state index in [0.29, 0.717) is 6.42 Å². The van der Waals surface area contributed by atoms with Crippen LogP contribution in [0.1, 0.15) is 37.0 Å². The van der Waals surface area contributed by atoms with E-state index >= 15 is 0 Å². The summed E-state index contributed by atoms with van der Waals surface area (Å²) in [4.78, 5) is 23.1. The molecule has 0 saturated carbocycles. The number of benzene rings is 2. The number of carboxylic acid groups (broad SMARTS) is 2. The van der Waals surface area contributed by atoms with Gasteiger partial charge in [-0.1, -0.05) is 68.4 Å². The van der Waals surface area contributed by atoms with Crippen molar-refractivity contribution in [1.82, 2.24) is 5.32 Å². The third-order valence-corrected chi connectivity index (χ3v) is 4.39. The Labute approximate surface area is 160 Å². The maximum absolute atomic E-state index is 11.7. The molecule has 5 nitrogen and oxygen atoms in total. The molecule has 0 amide bonds. The van der Waals surface area contributed by atoms with Crippen molar-refractivity contribution >= 4 is 11.9 Å². The first-order valence-electron chi connectivity index (χ1n) is 9.18. The molecule has 0 aliphatic heterocycles. The molecule has 2 unspecified atom stereocenters. The van der Waals surface area contributed by atoms with Crippen molar-refractivity contribution in [2.75, 3.05) is 0 Å². The number of carboxylic acids is 2. The zero-order valence-corrected chi connectivity index (χ0v) is 15.8. The second-order valence-electron chi connectivity index (χ2n) is 7.26. The van der Waals surface area contributed by atoms with E-state index in [2.05, 4.69) is 17.4 Å². The second-order valence-corrected chi connectivity index (χ2v) is 7.26. The van der Waals surface area contributed by atoms with Crippen LogP contribution in [0, 0.1) is 5.92 Å². The lowest BCUT2D eigenvalue weighted by Gasteiger charge is -2.22. The molecule has 3 N–H and O–H groups in total. The molecule has 0 aliphatic rings. The Bertz CT molecular complexity index is 758. The predicted molar refractivity (Wildman–Crippen MR) is 105 cm³/mol. The largest absolute Gasteiger partial charge is 0.480 e. The summed E-state index contributed by atoms with van der Waals surface area (Å²) in [6, 6.07) is 16.0. The highest BCUT2D eigenvalue weighted by Gasteiger charge is 2.26. The number of rotatable bonds is 10. The van der Waals surface area contributed by atoms with Crippen molar-refractivity contribution in [2.24, 2.45) is 5.92 Å². The van der Waals surface area contributed by atoms with Crippen molar-refractivity contribution in [3.05, 3.63) is 71.3 Å². The van der Waals surface area contributed by atoms with Crippen LogP contribution >= 0.6 is 0 Å². The lowest BCUT2D eigenvalue weighted by Crippen LogP contribution is -2.48. The van der Waals surface area contributed by atoms with Gasteiger partial charge in [0.25, 0.3) is 0 Å². The van der Waals surface area contributed by atoms with Gasteiger partial charge in [0.1, 0.15) is 12.1 Å². The lowest BCUT2D eigenvalue weighted by molar-refractivity contribution is -0.142. The highest BCUT2D eigenvalue weighted by molar-refractivity contribution is 5.77. The van der Waals surface area contributed by atoms with Gasteiger partial charge in [0.15, 0.2) is 0 Å². The smallest absolute Gasteiger partial charge is 0.321 e. The van der Waals surface area contributed by atoms with Gasteiger partial charge < -0.3 is 10.2 Å². The molecule has 0 heterocycles. The molecule has 0 saturated heterocycles. The van der Waals surface area contributed by atoms with Gasteiger partial charge in [-0.15, -0.1) is 0 Å². The molecule has 2 rings (SSSR count). The summed E-state index contributed by atoms with van der Waals surface area (Å²) in [5, 5.41) is 21.7. The number of aliphatic carboxylic acids is 2. The summed E-state index contributed by atoms with van der Waals surface area (Å²) in [6.45, 7) is 3.83. The molecule has 0 aliphatic carbocycles. The van der Waals surface area contributed by atoms with Crippen molar-refractivity contribution in [2.45, 2.75) is 45.2 Å². The monoisotopic (exact) mass is 369 g/mol. The second kappa shape index (κ2) is 9.88. The van der Waals surface area contributed by atoms with Crippen LogP contribution in [0.5, 0.6) is 0 Å². The zero-order valence-electron chi connectivity index (χ0n) is 15.8. The Kier molecular flexibility index (Phi) is 7.55. The summed E-state index contributed by atoms with van der Waals surface area (Å²) in [6.07, 6.45) is 1.39. The van der Waals surface area contributed by atoms with E-state index in [4.69, 9.17) is 0 Å². The van der Waals surface area contributed by atoms with Gasteiger partial charge in [0, 0.05) is 0 Å². The average Bonchev–Trinajstić information content (AvgIpc) is 2.61. The van der Waals surface area contributed by atoms with Crippen molar-refractivity contribution < 1.29 is 19.8 Å². The van der Waals surface area contributed by atoms with E-state index in [-0.39, 0.29) is 12.3 Å². The van der Waals surface area contributed by atoms with Gasteiger partial charge in [-0.25, -0.2) is 0 Å². The molecule has 27 heavy (non-hydrogen) atoms. The van der Waals surface area contributed by atoms with Gasteiger partial charge >= 0.3 is 11.9 Å². The van der Waals surface area contributed by atoms with E-state index in [1.165, 1.54) is 5.56 Å². The fourth-order valence-electron chi connectivity index (χ4n) is 3.11. The number of hydrogen-bond acceptors (Lipinski definition) is 3. The van der Waals surface area contributed by atoms with Crippen LogP contribution in [0.4, 0.5) is 0 Å². The molecular formula is C22H27NO4. The molecule has 0 aromatic heterocycles. The van der Waals surface area contributed by atoms with Crippen LogP contribution in [0.2, 0.25) is 0 Å². The highest BCUT2D eigenvalue weighted by Crippen LogP contribution is 2.14. The van der Waals surface area contributed by atoms with Gasteiger partial charge in [-0.2, -0.15) is 0 Å². The van der Waals surface area contributed by atoms with Crippen LogP contribution in [0.3, 0.4) is 0 Å². The zero-order chi connectivity index (χ0) is 19.8. The van der Waals surface area contributed by atoms with Crippen LogP contribution < -0.4 is 5.32 Å². The van der Waals surface area contributed by atoms with Gasteiger partial charge in [0.05, 0.1) is 0 Å². The minimum Gasteiger partial charge on any atom is -0.480 e. The van der Waals surface area contributed by atoms with E-state index in [1.54, 1.807) is 0 Å². The molecule has 144 valence electrons. The van der Waals surface area contributed by atoms with E-state index in [1.807, 2.05) is 56.3 Å². The Balaban J connectivity index is 2.10. The Morgan fingerprint density at radius 3 is 2.04 bits per heavy atom. The van der Waals surface area contributed by atoms with Gasteiger partial charge in [-0.05, 0) is 41.9 Å². The van der Waals surface area contributed by atoms with Gasteiger partial charge in [0.2, 0.25) is 0 Å².